The summed E-state index contributed by atoms with van der Waals surface area (Å²) in [5.74, 6) is 2.58. The topological polar surface area (TPSA) is 55.6 Å². The molecule has 2 heterocycles. The van der Waals surface area contributed by atoms with Gasteiger partial charge in [0.2, 0.25) is 0 Å². The molecule has 0 bridgehead atoms. The molecule has 120 valence electrons. The van der Waals surface area contributed by atoms with Crippen molar-refractivity contribution in [3.05, 3.63) is 48.2 Å². The molecule has 1 unspecified atom stereocenters. The molecule has 4 rings (SSSR count). The number of hydrogen-bond acceptors (Lipinski definition) is 4. The van der Waals surface area contributed by atoms with Crippen LogP contribution in [0.4, 0.5) is 0 Å². The molecular weight excluding hydrogens is 292 g/mol. The summed E-state index contributed by atoms with van der Waals surface area (Å²) >= 11 is 0. The summed E-state index contributed by atoms with van der Waals surface area (Å²) in [6, 6.07) is 9.97. The number of benzene rings is 1. The van der Waals surface area contributed by atoms with E-state index in [1.807, 2.05) is 35.2 Å². The van der Waals surface area contributed by atoms with Crippen molar-refractivity contribution in [2.75, 3.05) is 13.1 Å². The zero-order valence-electron chi connectivity index (χ0n) is 13.1. The van der Waals surface area contributed by atoms with Gasteiger partial charge in [-0.3, -0.25) is 4.79 Å². The van der Waals surface area contributed by atoms with Gasteiger partial charge in [-0.1, -0.05) is 18.2 Å². The standard InChI is InChI=1S/C18H20N2O3/c1-12-17(19-11-22-12)18(21)20-9-13-7-16(8-14(13)10-20)23-15-5-3-2-4-6-15/h2-6,11,13-14,16H,7-10H2,1H3/t13-,14+,16?. The molecule has 2 aromatic rings. The summed E-state index contributed by atoms with van der Waals surface area (Å²) in [7, 11) is 0. The van der Waals surface area contributed by atoms with E-state index in [9.17, 15) is 4.79 Å². The molecule has 2 fully saturated rings. The minimum Gasteiger partial charge on any atom is -0.490 e. The highest BCUT2D eigenvalue weighted by atomic mass is 16.5. The summed E-state index contributed by atoms with van der Waals surface area (Å²) in [5.41, 5.74) is 0.446. The van der Waals surface area contributed by atoms with Crippen molar-refractivity contribution in [3.8, 4) is 5.75 Å². The number of hydrogen-bond donors (Lipinski definition) is 0. The number of rotatable bonds is 3. The predicted molar refractivity (Wildman–Crippen MR) is 84.2 cm³/mol. The summed E-state index contributed by atoms with van der Waals surface area (Å²) in [6.45, 7) is 3.37. The minimum absolute atomic E-state index is 0.00817. The monoisotopic (exact) mass is 312 g/mol. The van der Waals surface area contributed by atoms with Crippen LogP contribution in [0.5, 0.6) is 5.75 Å². The van der Waals surface area contributed by atoms with E-state index in [1.165, 1.54) is 6.39 Å². The van der Waals surface area contributed by atoms with Crippen LogP contribution >= 0.6 is 0 Å². The molecule has 0 radical (unpaired) electrons. The predicted octanol–water partition coefficient (Wildman–Crippen LogP) is 2.91. The number of oxazole rings is 1. The van der Waals surface area contributed by atoms with Crippen LogP contribution in [0.25, 0.3) is 0 Å². The summed E-state index contributed by atoms with van der Waals surface area (Å²) in [5, 5.41) is 0. The van der Waals surface area contributed by atoms with Crippen molar-refractivity contribution >= 4 is 5.91 Å². The van der Waals surface area contributed by atoms with Crippen molar-refractivity contribution in [1.29, 1.82) is 0 Å². The number of likely N-dealkylation sites (tertiary alicyclic amines) is 1. The molecule has 1 saturated carbocycles. The van der Waals surface area contributed by atoms with Gasteiger partial charge in [0, 0.05) is 13.1 Å². The van der Waals surface area contributed by atoms with Crippen LogP contribution in [0.15, 0.2) is 41.1 Å². The first-order chi connectivity index (χ1) is 11.2. The van der Waals surface area contributed by atoms with Gasteiger partial charge in [-0.05, 0) is 43.7 Å². The quantitative estimate of drug-likeness (QED) is 0.874. The van der Waals surface area contributed by atoms with E-state index in [4.69, 9.17) is 9.15 Å². The second kappa shape index (κ2) is 5.72. The second-order valence-corrected chi connectivity index (χ2v) is 6.51. The van der Waals surface area contributed by atoms with E-state index in [2.05, 4.69) is 4.98 Å². The first-order valence-electron chi connectivity index (χ1n) is 8.12. The molecule has 0 N–H and O–H groups in total. The molecule has 3 atom stereocenters. The summed E-state index contributed by atoms with van der Waals surface area (Å²) in [6.07, 6.45) is 3.63. The van der Waals surface area contributed by atoms with Gasteiger partial charge in [-0.2, -0.15) is 0 Å². The molecule has 1 aromatic heterocycles. The fourth-order valence-electron chi connectivity index (χ4n) is 3.86. The van der Waals surface area contributed by atoms with Gasteiger partial charge in [0.15, 0.2) is 12.1 Å². The van der Waals surface area contributed by atoms with E-state index in [0.717, 1.165) is 31.7 Å². The molecule has 2 aliphatic rings. The number of carbonyl (C=O) groups excluding carboxylic acids is 1. The lowest BCUT2D eigenvalue weighted by atomic mass is 10.0. The maximum absolute atomic E-state index is 12.5. The Morgan fingerprint density at radius 1 is 1.22 bits per heavy atom. The van der Waals surface area contributed by atoms with Crippen molar-refractivity contribution < 1.29 is 13.9 Å². The van der Waals surface area contributed by atoms with Crippen molar-refractivity contribution in [1.82, 2.24) is 9.88 Å². The highest BCUT2D eigenvalue weighted by Gasteiger charge is 2.43. The van der Waals surface area contributed by atoms with Crippen LogP contribution in [-0.2, 0) is 0 Å². The fourth-order valence-corrected chi connectivity index (χ4v) is 3.86. The first-order valence-corrected chi connectivity index (χ1v) is 8.12. The lowest BCUT2D eigenvalue weighted by molar-refractivity contribution is 0.0763. The number of aryl methyl sites for hydroxylation is 1. The lowest BCUT2D eigenvalue weighted by Gasteiger charge is -2.19. The number of nitrogens with zero attached hydrogens (tertiary/aromatic N) is 2. The van der Waals surface area contributed by atoms with Gasteiger partial charge >= 0.3 is 0 Å². The number of amides is 1. The van der Waals surface area contributed by atoms with Gasteiger partial charge in [0.05, 0.1) is 6.10 Å². The Morgan fingerprint density at radius 3 is 2.52 bits per heavy atom. The summed E-state index contributed by atoms with van der Waals surface area (Å²) in [4.78, 5) is 18.5. The van der Waals surface area contributed by atoms with Gasteiger partial charge < -0.3 is 14.1 Å². The Hall–Kier alpha value is -2.30. The molecular formula is C18H20N2O3. The maximum atomic E-state index is 12.5. The molecule has 1 aliphatic heterocycles. The third kappa shape index (κ3) is 2.71. The Balaban J connectivity index is 1.37. The Morgan fingerprint density at radius 2 is 1.91 bits per heavy atom. The van der Waals surface area contributed by atoms with Gasteiger partial charge in [0.1, 0.15) is 11.5 Å². The van der Waals surface area contributed by atoms with Crippen LogP contribution in [-0.4, -0.2) is 35.0 Å². The lowest BCUT2D eigenvalue weighted by Crippen LogP contribution is -2.31. The molecule has 1 saturated heterocycles. The summed E-state index contributed by atoms with van der Waals surface area (Å²) < 4.78 is 11.2. The maximum Gasteiger partial charge on any atom is 0.276 e. The average Bonchev–Trinajstić information content (AvgIpc) is 3.22. The van der Waals surface area contributed by atoms with E-state index in [0.29, 0.717) is 23.3 Å². The average molecular weight is 312 g/mol. The minimum atomic E-state index is -0.00817. The van der Waals surface area contributed by atoms with Crippen LogP contribution in [0.1, 0.15) is 29.1 Å². The molecule has 5 heteroatoms. The van der Waals surface area contributed by atoms with Crippen molar-refractivity contribution in [3.63, 3.8) is 0 Å². The normalized spacial score (nSPS) is 26.3. The largest absolute Gasteiger partial charge is 0.490 e. The number of carbonyl (C=O) groups is 1. The van der Waals surface area contributed by atoms with Crippen molar-refractivity contribution in [2.24, 2.45) is 11.8 Å². The van der Waals surface area contributed by atoms with E-state index in [-0.39, 0.29) is 12.0 Å². The highest BCUT2D eigenvalue weighted by molar-refractivity contribution is 5.93. The van der Waals surface area contributed by atoms with Gasteiger partial charge in [-0.15, -0.1) is 0 Å². The van der Waals surface area contributed by atoms with Crippen LogP contribution < -0.4 is 4.74 Å². The van der Waals surface area contributed by atoms with Crippen LogP contribution in [0.2, 0.25) is 0 Å². The molecule has 5 nitrogen and oxygen atoms in total. The molecule has 1 aromatic carbocycles. The van der Waals surface area contributed by atoms with Gasteiger partial charge in [-0.25, -0.2) is 4.98 Å². The number of aromatic nitrogens is 1. The SMILES string of the molecule is Cc1ocnc1C(=O)N1C[C@H]2CC(Oc3ccccc3)C[C@H]2C1. The number of fused-ring (bicyclic) bond motifs is 1. The first kappa shape index (κ1) is 14.3. The Labute approximate surface area is 135 Å². The number of para-hydroxylation sites is 1. The fraction of sp³-hybridized carbons (Fsp3) is 0.444. The third-order valence-corrected chi connectivity index (χ3v) is 4.99. The van der Waals surface area contributed by atoms with Crippen LogP contribution in [0.3, 0.4) is 0 Å². The van der Waals surface area contributed by atoms with Crippen molar-refractivity contribution in [2.45, 2.75) is 25.9 Å². The van der Waals surface area contributed by atoms with E-state index in [1.54, 1.807) is 6.92 Å². The van der Waals surface area contributed by atoms with Crippen LogP contribution in [0, 0.1) is 18.8 Å². The molecule has 1 amide bonds. The number of ether oxygens (including phenoxy) is 1. The van der Waals surface area contributed by atoms with E-state index < -0.39 is 0 Å². The molecule has 23 heavy (non-hydrogen) atoms. The zero-order chi connectivity index (χ0) is 15.8. The third-order valence-electron chi connectivity index (χ3n) is 4.99. The Kier molecular flexibility index (Phi) is 3.56. The smallest absolute Gasteiger partial charge is 0.276 e. The highest BCUT2D eigenvalue weighted by Crippen LogP contribution is 2.40. The van der Waals surface area contributed by atoms with E-state index >= 15 is 0 Å². The molecule has 0 spiro atoms. The zero-order valence-corrected chi connectivity index (χ0v) is 13.1. The second-order valence-electron chi connectivity index (χ2n) is 6.51. The Bertz CT molecular complexity index is 683. The molecule has 1 aliphatic carbocycles. The van der Waals surface area contributed by atoms with Gasteiger partial charge in [0.25, 0.3) is 5.91 Å².